The van der Waals surface area contributed by atoms with Crippen LogP contribution in [0.1, 0.15) is 38.2 Å². The van der Waals surface area contributed by atoms with Gasteiger partial charge in [0.25, 0.3) is 0 Å². The molecule has 1 heterocycles. The Morgan fingerprint density at radius 3 is 2.60 bits per heavy atom. The summed E-state index contributed by atoms with van der Waals surface area (Å²) < 4.78 is 16.1. The van der Waals surface area contributed by atoms with Gasteiger partial charge in [0.1, 0.15) is 12.4 Å². The second-order valence-corrected chi connectivity index (χ2v) is 6.31. The van der Waals surface area contributed by atoms with Crippen molar-refractivity contribution in [1.82, 2.24) is 4.90 Å². The van der Waals surface area contributed by atoms with Gasteiger partial charge in [0.15, 0.2) is 0 Å². The average molecular weight is 349 g/mol. The number of nitrogens with zero attached hydrogens (tertiary/aromatic N) is 1. The van der Waals surface area contributed by atoms with Crippen LogP contribution in [0.3, 0.4) is 0 Å². The minimum absolute atomic E-state index is 0.0823. The minimum Gasteiger partial charge on any atom is -0.492 e. The molecule has 0 amide bonds. The molecule has 1 aromatic carbocycles. The predicted molar refractivity (Wildman–Crippen MR) is 98.0 cm³/mol. The fourth-order valence-electron chi connectivity index (χ4n) is 2.88. The number of unbranched alkanes of at least 4 members (excludes halogenated alkanes) is 2. The predicted octanol–water partition coefficient (Wildman–Crippen LogP) is 3.06. The van der Waals surface area contributed by atoms with Crippen molar-refractivity contribution >= 4 is 5.97 Å². The van der Waals surface area contributed by atoms with Crippen LogP contribution in [0.15, 0.2) is 24.3 Å². The number of rotatable bonds is 11. The molecule has 0 aliphatic carbocycles. The van der Waals surface area contributed by atoms with Crippen LogP contribution >= 0.6 is 0 Å². The molecule has 0 saturated carbocycles. The van der Waals surface area contributed by atoms with Crippen LogP contribution < -0.4 is 4.74 Å². The van der Waals surface area contributed by atoms with Gasteiger partial charge in [0, 0.05) is 26.1 Å². The van der Waals surface area contributed by atoms with E-state index in [4.69, 9.17) is 14.2 Å². The highest BCUT2D eigenvalue weighted by Crippen LogP contribution is 2.15. The zero-order valence-corrected chi connectivity index (χ0v) is 15.4. The van der Waals surface area contributed by atoms with Crippen LogP contribution in [-0.2, 0) is 20.7 Å². The van der Waals surface area contributed by atoms with Gasteiger partial charge in [-0.3, -0.25) is 9.69 Å². The molecule has 1 aliphatic rings. The molecule has 25 heavy (non-hydrogen) atoms. The third-order valence-corrected chi connectivity index (χ3v) is 4.35. The van der Waals surface area contributed by atoms with Crippen LogP contribution in [-0.4, -0.2) is 56.9 Å². The van der Waals surface area contributed by atoms with Crippen molar-refractivity contribution in [3.8, 4) is 5.75 Å². The first-order valence-electron chi connectivity index (χ1n) is 9.45. The standard InChI is InChI=1S/C20H31NO4/c1-2-24-20(22)7-5-3-4-6-18-8-10-19(11-9-18)25-17-14-21-12-15-23-16-13-21/h8-11H,2-7,12-17H2,1H3. The Kier molecular flexibility index (Phi) is 9.37. The number of carbonyl (C=O) groups excluding carboxylic acids is 1. The second kappa shape index (κ2) is 11.9. The van der Waals surface area contributed by atoms with Crippen molar-refractivity contribution in [3.05, 3.63) is 29.8 Å². The summed E-state index contributed by atoms with van der Waals surface area (Å²) in [6.45, 7) is 7.63. The molecule has 1 fully saturated rings. The summed E-state index contributed by atoms with van der Waals surface area (Å²) in [5, 5.41) is 0. The number of hydrogen-bond acceptors (Lipinski definition) is 5. The van der Waals surface area contributed by atoms with E-state index >= 15 is 0 Å². The average Bonchev–Trinajstić information content (AvgIpc) is 2.64. The molecule has 5 nitrogen and oxygen atoms in total. The lowest BCUT2D eigenvalue weighted by atomic mass is 10.1. The van der Waals surface area contributed by atoms with E-state index in [-0.39, 0.29) is 5.97 Å². The van der Waals surface area contributed by atoms with Crippen molar-refractivity contribution in [2.24, 2.45) is 0 Å². The molecule has 0 unspecified atom stereocenters. The third-order valence-electron chi connectivity index (χ3n) is 4.35. The fraction of sp³-hybridized carbons (Fsp3) is 0.650. The van der Waals surface area contributed by atoms with E-state index in [1.54, 1.807) is 0 Å². The Morgan fingerprint density at radius 2 is 1.88 bits per heavy atom. The van der Waals surface area contributed by atoms with Crippen LogP contribution in [0.2, 0.25) is 0 Å². The maximum Gasteiger partial charge on any atom is 0.305 e. The van der Waals surface area contributed by atoms with Gasteiger partial charge in [0.2, 0.25) is 0 Å². The molecule has 0 radical (unpaired) electrons. The van der Waals surface area contributed by atoms with E-state index in [9.17, 15) is 4.79 Å². The van der Waals surface area contributed by atoms with Crippen LogP contribution in [0.4, 0.5) is 0 Å². The Morgan fingerprint density at radius 1 is 1.12 bits per heavy atom. The Balaban J connectivity index is 1.55. The van der Waals surface area contributed by atoms with E-state index in [2.05, 4.69) is 17.0 Å². The highest BCUT2D eigenvalue weighted by atomic mass is 16.5. The van der Waals surface area contributed by atoms with E-state index in [1.165, 1.54) is 5.56 Å². The number of morpholine rings is 1. The maximum atomic E-state index is 11.3. The van der Waals surface area contributed by atoms with Crippen molar-refractivity contribution in [1.29, 1.82) is 0 Å². The SMILES string of the molecule is CCOC(=O)CCCCCc1ccc(OCCN2CCOCC2)cc1. The highest BCUT2D eigenvalue weighted by molar-refractivity contribution is 5.69. The van der Waals surface area contributed by atoms with E-state index in [0.717, 1.165) is 64.3 Å². The van der Waals surface area contributed by atoms with Crippen molar-refractivity contribution in [3.63, 3.8) is 0 Å². The molecule has 0 aromatic heterocycles. The fourth-order valence-corrected chi connectivity index (χ4v) is 2.88. The Labute approximate surface area is 151 Å². The van der Waals surface area contributed by atoms with Crippen LogP contribution in [0.25, 0.3) is 0 Å². The van der Waals surface area contributed by atoms with Gasteiger partial charge in [0.05, 0.1) is 19.8 Å². The molecule has 0 atom stereocenters. The molecule has 1 saturated heterocycles. The number of benzene rings is 1. The van der Waals surface area contributed by atoms with Gasteiger partial charge in [-0.1, -0.05) is 18.6 Å². The van der Waals surface area contributed by atoms with Crippen molar-refractivity contribution in [2.45, 2.75) is 39.0 Å². The Bertz CT molecular complexity index is 483. The lowest BCUT2D eigenvalue weighted by Crippen LogP contribution is -2.38. The summed E-state index contributed by atoms with van der Waals surface area (Å²) in [6.07, 6.45) is 4.62. The normalized spacial score (nSPS) is 15.1. The molecule has 140 valence electrons. The van der Waals surface area contributed by atoms with Gasteiger partial charge in [-0.2, -0.15) is 0 Å². The summed E-state index contributed by atoms with van der Waals surface area (Å²) >= 11 is 0. The van der Waals surface area contributed by atoms with E-state index < -0.39 is 0 Å². The number of esters is 1. The summed E-state index contributed by atoms with van der Waals surface area (Å²) in [6, 6.07) is 8.37. The quantitative estimate of drug-likeness (QED) is 0.454. The lowest BCUT2D eigenvalue weighted by Gasteiger charge is -2.26. The van der Waals surface area contributed by atoms with E-state index in [1.807, 2.05) is 19.1 Å². The van der Waals surface area contributed by atoms with Crippen LogP contribution in [0, 0.1) is 0 Å². The first-order valence-corrected chi connectivity index (χ1v) is 9.45. The molecule has 1 aromatic rings. The number of carbonyl (C=O) groups is 1. The smallest absolute Gasteiger partial charge is 0.305 e. The molecule has 2 rings (SSSR count). The van der Waals surface area contributed by atoms with Gasteiger partial charge in [-0.15, -0.1) is 0 Å². The van der Waals surface area contributed by atoms with Gasteiger partial charge >= 0.3 is 5.97 Å². The molecular formula is C20H31NO4. The first kappa shape index (κ1) is 19.7. The first-order chi connectivity index (χ1) is 12.3. The zero-order valence-electron chi connectivity index (χ0n) is 15.4. The summed E-state index contributed by atoms with van der Waals surface area (Å²) in [7, 11) is 0. The molecule has 0 spiro atoms. The zero-order chi connectivity index (χ0) is 17.7. The summed E-state index contributed by atoms with van der Waals surface area (Å²) in [5.41, 5.74) is 1.32. The highest BCUT2D eigenvalue weighted by Gasteiger charge is 2.09. The second-order valence-electron chi connectivity index (χ2n) is 6.31. The number of ether oxygens (including phenoxy) is 3. The third kappa shape index (κ3) is 8.36. The van der Waals surface area contributed by atoms with E-state index in [0.29, 0.717) is 19.6 Å². The Hall–Kier alpha value is -1.59. The monoisotopic (exact) mass is 349 g/mol. The lowest BCUT2D eigenvalue weighted by molar-refractivity contribution is -0.143. The van der Waals surface area contributed by atoms with Gasteiger partial charge in [-0.05, 0) is 43.9 Å². The van der Waals surface area contributed by atoms with Crippen LogP contribution in [0.5, 0.6) is 5.75 Å². The van der Waals surface area contributed by atoms with Gasteiger partial charge in [-0.25, -0.2) is 0 Å². The van der Waals surface area contributed by atoms with Gasteiger partial charge < -0.3 is 14.2 Å². The molecular weight excluding hydrogens is 318 g/mol. The molecule has 1 aliphatic heterocycles. The summed E-state index contributed by atoms with van der Waals surface area (Å²) in [5.74, 6) is 0.848. The molecule has 5 heteroatoms. The molecule has 0 bridgehead atoms. The number of hydrogen-bond donors (Lipinski definition) is 0. The summed E-state index contributed by atoms with van der Waals surface area (Å²) in [4.78, 5) is 13.6. The van der Waals surface area contributed by atoms with Crippen molar-refractivity contribution in [2.75, 3.05) is 46.1 Å². The number of aryl methyl sites for hydroxylation is 1. The topological polar surface area (TPSA) is 48.0 Å². The molecule has 0 N–H and O–H groups in total. The largest absolute Gasteiger partial charge is 0.492 e. The van der Waals surface area contributed by atoms with Crippen molar-refractivity contribution < 1.29 is 19.0 Å². The maximum absolute atomic E-state index is 11.3. The minimum atomic E-state index is -0.0823.